The molecule has 1 aromatic heterocycles. The van der Waals surface area contributed by atoms with Crippen LogP contribution in [0.15, 0.2) is 30.3 Å². The summed E-state index contributed by atoms with van der Waals surface area (Å²) in [5, 5.41) is 13.7. The fraction of sp³-hybridized carbons (Fsp3) is 0.357. The molecule has 0 saturated heterocycles. The van der Waals surface area contributed by atoms with Gasteiger partial charge in [-0.15, -0.1) is 0 Å². The summed E-state index contributed by atoms with van der Waals surface area (Å²) in [6.45, 7) is 5.23. The van der Waals surface area contributed by atoms with Crippen molar-refractivity contribution >= 4 is 16.6 Å². The minimum absolute atomic E-state index is 0.0266. The average Bonchev–Trinajstić information content (AvgIpc) is 2.35. The van der Waals surface area contributed by atoms with Gasteiger partial charge in [0.2, 0.25) is 0 Å². The number of hydrogen-bond donors (Lipinski definition) is 2. The van der Waals surface area contributed by atoms with Gasteiger partial charge in [0.25, 0.3) is 0 Å². The summed E-state index contributed by atoms with van der Waals surface area (Å²) < 4.78 is 0. The van der Waals surface area contributed by atoms with Crippen LogP contribution in [-0.2, 0) is 6.61 Å². The van der Waals surface area contributed by atoms with E-state index in [1.807, 2.05) is 30.3 Å². The molecule has 1 aromatic carbocycles. The molecule has 0 unspecified atom stereocenters. The number of pyridine rings is 1. The Morgan fingerprint density at radius 1 is 1.29 bits per heavy atom. The lowest BCUT2D eigenvalue weighted by molar-refractivity contribution is 0.277. The molecular formula is C14H18N2O. The number of fused-ring (bicyclic) bond motifs is 1. The third-order valence-electron chi connectivity index (χ3n) is 2.63. The number of para-hydroxylation sites is 1. The van der Waals surface area contributed by atoms with Crippen LogP contribution >= 0.6 is 0 Å². The SMILES string of the molecule is CC(C)CNc1cc(CO)nc2ccccc12. The second-order valence-electron chi connectivity index (χ2n) is 4.61. The standard InChI is InChI=1S/C14H18N2O/c1-10(2)8-15-14-7-11(9-17)16-13-6-4-3-5-12(13)14/h3-7,10,17H,8-9H2,1-2H3,(H,15,16). The van der Waals surface area contributed by atoms with Crippen molar-refractivity contribution < 1.29 is 5.11 Å². The van der Waals surface area contributed by atoms with Gasteiger partial charge in [-0.25, -0.2) is 0 Å². The Labute approximate surface area is 102 Å². The highest BCUT2D eigenvalue weighted by Crippen LogP contribution is 2.23. The Bertz CT molecular complexity index is 509. The molecule has 3 nitrogen and oxygen atoms in total. The molecule has 90 valence electrons. The van der Waals surface area contributed by atoms with Crippen molar-refractivity contribution in [2.24, 2.45) is 5.92 Å². The summed E-state index contributed by atoms with van der Waals surface area (Å²) >= 11 is 0. The maximum Gasteiger partial charge on any atom is 0.0854 e. The summed E-state index contributed by atoms with van der Waals surface area (Å²) in [5.41, 5.74) is 2.67. The number of nitrogens with one attached hydrogen (secondary N) is 1. The van der Waals surface area contributed by atoms with Crippen molar-refractivity contribution in [3.05, 3.63) is 36.0 Å². The molecule has 0 saturated carbocycles. The molecule has 0 amide bonds. The molecule has 0 aliphatic heterocycles. The van der Waals surface area contributed by atoms with Crippen molar-refractivity contribution in [1.82, 2.24) is 4.98 Å². The summed E-state index contributed by atoms with van der Waals surface area (Å²) in [5.74, 6) is 0.583. The van der Waals surface area contributed by atoms with Gasteiger partial charge in [0.15, 0.2) is 0 Å². The van der Waals surface area contributed by atoms with Crippen molar-refractivity contribution in [2.45, 2.75) is 20.5 Å². The van der Waals surface area contributed by atoms with E-state index in [-0.39, 0.29) is 6.61 Å². The Morgan fingerprint density at radius 2 is 2.06 bits per heavy atom. The lowest BCUT2D eigenvalue weighted by atomic mass is 10.1. The predicted octanol–water partition coefficient (Wildman–Crippen LogP) is 2.80. The molecule has 0 bridgehead atoms. The van der Waals surface area contributed by atoms with Crippen molar-refractivity contribution in [2.75, 3.05) is 11.9 Å². The van der Waals surface area contributed by atoms with Gasteiger partial charge in [0, 0.05) is 17.6 Å². The van der Waals surface area contributed by atoms with Gasteiger partial charge >= 0.3 is 0 Å². The Balaban J connectivity index is 2.43. The van der Waals surface area contributed by atoms with Gasteiger partial charge in [-0.3, -0.25) is 4.98 Å². The molecule has 0 spiro atoms. The van der Waals surface area contributed by atoms with Gasteiger partial charge < -0.3 is 10.4 Å². The Kier molecular flexibility index (Phi) is 3.59. The highest BCUT2D eigenvalue weighted by Gasteiger charge is 2.05. The summed E-state index contributed by atoms with van der Waals surface area (Å²) in [6.07, 6.45) is 0. The van der Waals surface area contributed by atoms with Crippen LogP contribution in [0.2, 0.25) is 0 Å². The van der Waals surface area contributed by atoms with Crippen LogP contribution in [-0.4, -0.2) is 16.6 Å². The minimum Gasteiger partial charge on any atom is -0.390 e. The quantitative estimate of drug-likeness (QED) is 0.849. The highest BCUT2D eigenvalue weighted by molar-refractivity contribution is 5.91. The number of aliphatic hydroxyl groups excluding tert-OH is 1. The fourth-order valence-corrected chi connectivity index (χ4v) is 1.77. The first-order chi connectivity index (χ1) is 8.20. The second-order valence-corrected chi connectivity index (χ2v) is 4.61. The van der Waals surface area contributed by atoms with Crippen LogP contribution in [0, 0.1) is 5.92 Å². The minimum atomic E-state index is -0.0266. The van der Waals surface area contributed by atoms with E-state index in [0.29, 0.717) is 11.6 Å². The van der Waals surface area contributed by atoms with Crippen molar-refractivity contribution in [3.63, 3.8) is 0 Å². The van der Waals surface area contributed by atoms with Gasteiger partial charge in [0.1, 0.15) is 0 Å². The topological polar surface area (TPSA) is 45.1 Å². The molecular weight excluding hydrogens is 212 g/mol. The smallest absolute Gasteiger partial charge is 0.0854 e. The van der Waals surface area contributed by atoms with E-state index in [0.717, 1.165) is 23.1 Å². The highest BCUT2D eigenvalue weighted by atomic mass is 16.3. The monoisotopic (exact) mass is 230 g/mol. The fourth-order valence-electron chi connectivity index (χ4n) is 1.77. The van der Waals surface area contributed by atoms with Gasteiger partial charge in [0.05, 0.1) is 17.8 Å². The zero-order valence-corrected chi connectivity index (χ0v) is 10.3. The summed E-state index contributed by atoms with van der Waals surface area (Å²) in [7, 11) is 0. The lowest BCUT2D eigenvalue weighted by Gasteiger charge is -2.12. The zero-order valence-electron chi connectivity index (χ0n) is 10.3. The Morgan fingerprint density at radius 3 is 2.76 bits per heavy atom. The summed E-state index contributed by atoms with van der Waals surface area (Å²) in [4.78, 5) is 4.39. The number of benzene rings is 1. The first-order valence-electron chi connectivity index (χ1n) is 5.94. The van der Waals surface area contributed by atoms with E-state index in [9.17, 15) is 5.11 Å². The molecule has 0 aliphatic carbocycles. The van der Waals surface area contributed by atoms with Crippen molar-refractivity contribution in [1.29, 1.82) is 0 Å². The first kappa shape index (κ1) is 11.9. The van der Waals surface area contributed by atoms with Crippen LogP contribution < -0.4 is 5.32 Å². The zero-order chi connectivity index (χ0) is 12.3. The van der Waals surface area contributed by atoms with Crippen LogP contribution in [0.5, 0.6) is 0 Å². The number of aromatic nitrogens is 1. The van der Waals surface area contributed by atoms with Crippen LogP contribution in [0.1, 0.15) is 19.5 Å². The van der Waals surface area contributed by atoms with E-state index < -0.39 is 0 Å². The molecule has 1 heterocycles. The second kappa shape index (κ2) is 5.15. The van der Waals surface area contributed by atoms with Gasteiger partial charge in [-0.1, -0.05) is 32.0 Å². The molecule has 2 rings (SSSR count). The number of nitrogens with zero attached hydrogens (tertiary/aromatic N) is 1. The molecule has 17 heavy (non-hydrogen) atoms. The molecule has 0 radical (unpaired) electrons. The third-order valence-corrected chi connectivity index (χ3v) is 2.63. The molecule has 2 aromatic rings. The summed E-state index contributed by atoms with van der Waals surface area (Å²) in [6, 6.07) is 9.90. The maximum atomic E-state index is 9.21. The first-order valence-corrected chi connectivity index (χ1v) is 5.94. The molecule has 0 aliphatic rings. The molecule has 0 fully saturated rings. The number of anilines is 1. The number of hydrogen-bond acceptors (Lipinski definition) is 3. The normalized spacial score (nSPS) is 11.1. The van der Waals surface area contributed by atoms with E-state index in [4.69, 9.17) is 0 Å². The van der Waals surface area contributed by atoms with E-state index >= 15 is 0 Å². The average molecular weight is 230 g/mol. The van der Waals surface area contributed by atoms with Gasteiger partial charge in [-0.2, -0.15) is 0 Å². The largest absolute Gasteiger partial charge is 0.390 e. The predicted molar refractivity (Wildman–Crippen MR) is 71.0 cm³/mol. The third kappa shape index (κ3) is 2.74. The number of rotatable bonds is 4. The van der Waals surface area contributed by atoms with E-state index in [2.05, 4.69) is 24.1 Å². The van der Waals surface area contributed by atoms with Crippen LogP contribution in [0.4, 0.5) is 5.69 Å². The molecule has 3 heteroatoms. The van der Waals surface area contributed by atoms with Crippen molar-refractivity contribution in [3.8, 4) is 0 Å². The lowest BCUT2D eigenvalue weighted by Crippen LogP contribution is -2.09. The Hall–Kier alpha value is -1.61. The van der Waals surface area contributed by atoms with Crippen LogP contribution in [0.25, 0.3) is 10.9 Å². The maximum absolute atomic E-state index is 9.21. The van der Waals surface area contributed by atoms with E-state index in [1.165, 1.54) is 0 Å². The molecule has 2 N–H and O–H groups in total. The van der Waals surface area contributed by atoms with Gasteiger partial charge in [-0.05, 0) is 18.1 Å². The number of aliphatic hydroxyl groups is 1. The molecule has 0 atom stereocenters. The van der Waals surface area contributed by atoms with E-state index in [1.54, 1.807) is 0 Å². The van der Waals surface area contributed by atoms with Crippen LogP contribution in [0.3, 0.4) is 0 Å².